The van der Waals surface area contributed by atoms with Crippen LogP contribution in [0, 0.1) is 0 Å². The van der Waals surface area contributed by atoms with Crippen molar-refractivity contribution in [2.24, 2.45) is 7.05 Å². The molecule has 0 unspecified atom stereocenters. The van der Waals surface area contributed by atoms with Crippen LogP contribution in [0.25, 0.3) is 10.9 Å². The molecule has 0 saturated carbocycles. The summed E-state index contributed by atoms with van der Waals surface area (Å²) < 4.78 is 4.13. The molecular formula is C15H17N3O. The lowest BCUT2D eigenvalue weighted by Gasteiger charge is -2.07. The number of fused-ring (bicyclic) bond motifs is 1. The molecule has 0 radical (unpaired) electrons. The maximum absolute atomic E-state index is 9.34. The third-order valence-electron chi connectivity index (χ3n) is 3.61. The number of aryl methyl sites for hydroxylation is 3. The van der Waals surface area contributed by atoms with Crippen molar-refractivity contribution in [3.05, 3.63) is 54.0 Å². The second-order valence-corrected chi connectivity index (χ2v) is 4.71. The van der Waals surface area contributed by atoms with Crippen LogP contribution in [0.15, 0.2) is 42.7 Å². The Labute approximate surface area is 111 Å². The second-order valence-electron chi connectivity index (χ2n) is 4.71. The molecule has 2 aromatic heterocycles. The fourth-order valence-electron chi connectivity index (χ4n) is 2.50. The Morgan fingerprint density at radius 1 is 1.21 bits per heavy atom. The molecule has 0 aliphatic heterocycles. The standard InChI is InChI=1S/C15H17N3O/c1-17-13(5-8-16-17)6-9-18-10-7-14-12(11-19)3-2-4-15(14)18/h2-5,7-8,10,19H,6,9,11H2,1H3. The Balaban J connectivity index is 1.88. The maximum atomic E-state index is 9.34. The molecule has 1 aromatic carbocycles. The maximum Gasteiger partial charge on any atom is 0.0688 e. The molecule has 19 heavy (non-hydrogen) atoms. The quantitative estimate of drug-likeness (QED) is 0.776. The van der Waals surface area contributed by atoms with Gasteiger partial charge in [0.25, 0.3) is 0 Å². The van der Waals surface area contributed by atoms with Crippen LogP contribution in [0.3, 0.4) is 0 Å². The van der Waals surface area contributed by atoms with Crippen molar-refractivity contribution in [1.29, 1.82) is 0 Å². The van der Waals surface area contributed by atoms with Gasteiger partial charge in [0.05, 0.1) is 6.61 Å². The van der Waals surface area contributed by atoms with E-state index in [4.69, 9.17) is 0 Å². The van der Waals surface area contributed by atoms with Crippen molar-refractivity contribution in [1.82, 2.24) is 14.3 Å². The van der Waals surface area contributed by atoms with Crippen LogP contribution in [-0.4, -0.2) is 19.5 Å². The minimum atomic E-state index is 0.0864. The highest BCUT2D eigenvalue weighted by Crippen LogP contribution is 2.20. The first-order valence-electron chi connectivity index (χ1n) is 6.44. The van der Waals surface area contributed by atoms with Crippen molar-refractivity contribution in [3.8, 4) is 0 Å². The molecular weight excluding hydrogens is 238 g/mol. The number of aliphatic hydroxyl groups is 1. The average molecular weight is 255 g/mol. The van der Waals surface area contributed by atoms with E-state index in [9.17, 15) is 5.11 Å². The van der Waals surface area contributed by atoms with E-state index < -0.39 is 0 Å². The van der Waals surface area contributed by atoms with E-state index in [1.54, 1.807) is 0 Å². The Morgan fingerprint density at radius 3 is 2.84 bits per heavy atom. The number of hydrogen-bond acceptors (Lipinski definition) is 2. The van der Waals surface area contributed by atoms with Crippen LogP contribution in [0.1, 0.15) is 11.3 Å². The fourth-order valence-corrected chi connectivity index (χ4v) is 2.50. The molecule has 0 atom stereocenters. The molecule has 0 amide bonds. The molecule has 4 nitrogen and oxygen atoms in total. The Hall–Kier alpha value is -2.07. The van der Waals surface area contributed by atoms with Crippen molar-refractivity contribution in [3.63, 3.8) is 0 Å². The van der Waals surface area contributed by atoms with Gasteiger partial charge in [0.2, 0.25) is 0 Å². The van der Waals surface area contributed by atoms with Gasteiger partial charge in [0, 0.05) is 49.0 Å². The molecule has 0 fully saturated rings. The molecule has 0 aliphatic rings. The van der Waals surface area contributed by atoms with Gasteiger partial charge in [0.15, 0.2) is 0 Å². The molecule has 3 rings (SSSR count). The highest BCUT2D eigenvalue weighted by Gasteiger charge is 2.05. The van der Waals surface area contributed by atoms with E-state index in [0.29, 0.717) is 0 Å². The van der Waals surface area contributed by atoms with Crippen LogP contribution >= 0.6 is 0 Å². The smallest absolute Gasteiger partial charge is 0.0688 e. The lowest BCUT2D eigenvalue weighted by molar-refractivity contribution is 0.283. The molecule has 98 valence electrons. The summed E-state index contributed by atoms with van der Waals surface area (Å²) in [5, 5.41) is 14.7. The zero-order valence-corrected chi connectivity index (χ0v) is 11.0. The normalized spacial score (nSPS) is 11.3. The summed E-state index contributed by atoms with van der Waals surface area (Å²) in [6.07, 6.45) is 4.86. The van der Waals surface area contributed by atoms with Gasteiger partial charge >= 0.3 is 0 Å². The first-order chi connectivity index (χ1) is 9.29. The topological polar surface area (TPSA) is 43.0 Å². The number of rotatable bonds is 4. The number of hydrogen-bond donors (Lipinski definition) is 1. The van der Waals surface area contributed by atoms with Gasteiger partial charge in [-0.3, -0.25) is 4.68 Å². The van der Waals surface area contributed by atoms with Gasteiger partial charge < -0.3 is 9.67 Å². The van der Waals surface area contributed by atoms with Crippen molar-refractivity contribution < 1.29 is 5.11 Å². The summed E-state index contributed by atoms with van der Waals surface area (Å²) in [6, 6.07) is 10.2. The summed E-state index contributed by atoms with van der Waals surface area (Å²) in [5.74, 6) is 0. The molecule has 0 saturated heterocycles. The summed E-state index contributed by atoms with van der Waals surface area (Å²) in [7, 11) is 1.97. The van der Waals surface area contributed by atoms with Crippen LogP contribution in [0.2, 0.25) is 0 Å². The van der Waals surface area contributed by atoms with E-state index in [0.717, 1.165) is 23.9 Å². The SMILES string of the molecule is Cn1nccc1CCn1ccc2c(CO)cccc21. The van der Waals surface area contributed by atoms with Gasteiger partial charge in [-0.2, -0.15) is 5.10 Å². The molecule has 1 N–H and O–H groups in total. The van der Waals surface area contributed by atoms with E-state index >= 15 is 0 Å². The molecule has 0 aliphatic carbocycles. The molecule has 4 heteroatoms. The van der Waals surface area contributed by atoms with Gasteiger partial charge in [-0.15, -0.1) is 0 Å². The average Bonchev–Trinajstić information content (AvgIpc) is 3.02. The van der Waals surface area contributed by atoms with Crippen LogP contribution < -0.4 is 0 Å². The number of aromatic nitrogens is 3. The predicted molar refractivity (Wildman–Crippen MR) is 74.8 cm³/mol. The summed E-state index contributed by atoms with van der Waals surface area (Å²) in [5.41, 5.74) is 3.38. The third kappa shape index (κ3) is 2.15. The first-order valence-corrected chi connectivity index (χ1v) is 6.44. The van der Waals surface area contributed by atoms with E-state index in [-0.39, 0.29) is 6.61 Å². The van der Waals surface area contributed by atoms with E-state index in [1.807, 2.05) is 36.1 Å². The molecule has 0 bridgehead atoms. The number of nitrogens with zero attached hydrogens (tertiary/aromatic N) is 3. The lowest BCUT2D eigenvalue weighted by Crippen LogP contribution is -2.04. The van der Waals surface area contributed by atoms with Gasteiger partial charge in [0.1, 0.15) is 0 Å². The largest absolute Gasteiger partial charge is 0.392 e. The first kappa shape index (κ1) is 12.0. The van der Waals surface area contributed by atoms with Crippen LogP contribution in [0.4, 0.5) is 0 Å². The summed E-state index contributed by atoms with van der Waals surface area (Å²) in [6.45, 7) is 1.00. The highest BCUT2D eigenvalue weighted by atomic mass is 16.3. The molecule has 2 heterocycles. The zero-order chi connectivity index (χ0) is 13.2. The van der Waals surface area contributed by atoms with Gasteiger partial charge in [-0.25, -0.2) is 0 Å². The number of benzene rings is 1. The summed E-state index contributed by atoms with van der Waals surface area (Å²) >= 11 is 0. The van der Waals surface area contributed by atoms with Crippen molar-refractivity contribution in [2.45, 2.75) is 19.6 Å². The minimum absolute atomic E-state index is 0.0864. The van der Waals surface area contributed by atoms with E-state index in [1.165, 1.54) is 11.2 Å². The van der Waals surface area contributed by atoms with Crippen molar-refractivity contribution in [2.75, 3.05) is 0 Å². The van der Waals surface area contributed by atoms with E-state index in [2.05, 4.69) is 28.0 Å². The fraction of sp³-hybridized carbons (Fsp3) is 0.267. The summed E-state index contributed by atoms with van der Waals surface area (Å²) in [4.78, 5) is 0. The van der Waals surface area contributed by atoms with Gasteiger partial charge in [-0.05, 0) is 23.8 Å². The van der Waals surface area contributed by atoms with Crippen LogP contribution in [-0.2, 0) is 26.6 Å². The Morgan fingerprint density at radius 2 is 2.11 bits per heavy atom. The zero-order valence-electron chi connectivity index (χ0n) is 11.0. The predicted octanol–water partition coefficient (Wildman–Crippen LogP) is 2.11. The van der Waals surface area contributed by atoms with Crippen molar-refractivity contribution >= 4 is 10.9 Å². The monoisotopic (exact) mass is 255 g/mol. The Kier molecular flexibility index (Phi) is 3.09. The second kappa shape index (κ2) is 4.90. The minimum Gasteiger partial charge on any atom is -0.392 e. The Bertz CT molecular complexity index is 696. The molecule has 3 aromatic rings. The van der Waals surface area contributed by atoms with Gasteiger partial charge in [-0.1, -0.05) is 12.1 Å². The number of aliphatic hydroxyl groups excluding tert-OH is 1. The van der Waals surface area contributed by atoms with Crippen LogP contribution in [0.5, 0.6) is 0 Å². The third-order valence-corrected chi connectivity index (χ3v) is 3.61. The molecule has 0 spiro atoms. The lowest BCUT2D eigenvalue weighted by atomic mass is 10.1. The highest BCUT2D eigenvalue weighted by molar-refractivity contribution is 5.83.